The van der Waals surface area contributed by atoms with E-state index in [1.807, 2.05) is 0 Å². The van der Waals surface area contributed by atoms with Gasteiger partial charge in [0.15, 0.2) is 0 Å². The summed E-state index contributed by atoms with van der Waals surface area (Å²) in [4.78, 5) is 12.5. The van der Waals surface area contributed by atoms with Gasteiger partial charge in [0, 0.05) is 24.0 Å². The van der Waals surface area contributed by atoms with Crippen molar-refractivity contribution in [2.24, 2.45) is 5.92 Å². The average molecular weight is 354 g/mol. The highest BCUT2D eigenvalue weighted by Crippen LogP contribution is 2.51. The van der Waals surface area contributed by atoms with Crippen LogP contribution in [-0.2, 0) is 4.79 Å². The minimum Gasteiger partial charge on any atom is -0.405 e. The van der Waals surface area contributed by atoms with Crippen LogP contribution in [0.25, 0.3) is 0 Å². The van der Waals surface area contributed by atoms with Gasteiger partial charge in [0.2, 0.25) is 5.91 Å². The van der Waals surface area contributed by atoms with Crippen LogP contribution in [0.1, 0.15) is 43.6 Å². The molecule has 7 heteroatoms. The third-order valence-electron chi connectivity index (χ3n) is 5.49. The zero-order valence-corrected chi connectivity index (χ0v) is 13.7. The number of halogens is 3. The Bertz CT molecular complexity index is 652. The molecule has 2 heterocycles. The summed E-state index contributed by atoms with van der Waals surface area (Å²) in [6.07, 6.45) is 0.0380. The fourth-order valence-electron chi connectivity index (χ4n) is 4.32. The summed E-state index contributed by atoms with van der Waals surface area (Å²) in [5, 5.41) is 6.63. The average Bonchev–Trinajstić information content (AvgIpc) is 3.25. The number of carbonyl (C=O) groups excluding carboxylic acids is 1. The van der Waals surface area contributed by atoms with Crippen LogP contribution in [0.15, 0.2) is 24.3 Å². The van der Waals surface area contributed by atoms with E-state index in [-0.39, 0.29) is 29.5 Å². The highest BCUT2D eigenvalue weighted by atomic mass is 19.4. The minimum atomic E-state index is -4.73. The monoisotopic (exact) mass is 354 g/mol. The van der Waals surface area contributed by atoms with Crippen LogP contribution in [0.5, 0.6) is 5.75 Å². The number of benzene rings is 1. The van der Waals surface area contributed by atoms with Crippen LogP contribution in [0.2, 0.25) is 0 Å². The molecule has 1 aliphatic carbocycles. The molecule has 136 valence electrons. The van der Waals surface area contributed by atoms with Gasteiger partial charge in [-0.25, -0.2) is 0 Å². The highest BCUT2D eigenvalue weighted by molar-refractivity contribution is 5.83. The second-order valence-corrected chi connectivity index (χ2v) is 7.35. The van der Waals surface area contributed by atoms with E-state index in [1.165, 1.54) is 12.1 Å². The number of rotatable bonds is 4. The predicted octanol–water partition coefficient (Wildman–Crippen LogP) is 3.09. The zero-order valence-electron chi connectivity index (χ0n) is 13.7. The lowest BCUT2D eigenvalue weighted by Gasteiger charge is -2.29. The van der Waals surface area contributed by atoms with E-state index in [2.05, 4.69) is 15.4 Å². The Balaban J connectivity index is 1.38. The number of para-hydroxylation sites is 1. The molecule has 1 amide bonds. The second kappa shape index (κ2) is 6.20. The molecule has 4 rings (SSSR count). The van der Waals surface area contributed by atoms with Crippen LogP contribution in [0.3, 0.4) is 0 Å². The highest BCUT2D eigenvalue weighted by Gasteiger charge is 2.47. The van der Waals surface area contributed by atoms with Crippen molar-refractivity contribution in [3.63, 3.8) is 0 Å². The number of piperidine rings is 1. The van der Waals surface area contributed by atoms with Crippen molar-refractivity contribution in [3.05, 3.63) is 29.8 Å². The SMILES string of the molecule is O=C(NC1CC2CCC(C1)N2)C1CC1c1ccccc1OC(F)(F)F. The maximum atomic E-state index is 12.5. The molecule has 1 aromatic rings. The van der Waals surface area contributed by atoms with E-state index < -0.39 is 6.36 Å². The van der Waals surface area contributed by atoms with Crippen molar-refractivity contribution in [1.29, 1.82) is 0 Å². The largest absolute Gasteiger partial charge is 0.573 e. The lowest BCUT2D eigenvalue weighted by molar-refractivity contribution is -0.274. The molecule has 2 bridgehead atoms. The quantitative estimate of drug-likeness (QED) is 0.874. The Hall–Kier alpha value is -1.76. The number of carbonyl (C=O) groups is 1. The van der Waals surface area contributed by atoms with Crippen molar-refractivity contribution in [2.45, 2.75) is 62.5 Å². The third kappa shape index (κ3) is 3.76. The lowest BCUT2D eigenvalue weighted by atomic mass is 9.99. The molecular formula is C18H21F3N2O2. The number of fused-ring (bicyclic) bond motifs is 2. The van der Waals surface area contributed by atoms with Crippen LogP contribution in [-0.4, -0.2) is 30.4 Å². The summed E-state index contributed by atoms with van der Waals surface area (Å²) in [5.74, 6) is -0.698. The number of nitrogens with one attached hydrogen (secondary N) is 2. The number of hydrogen-bond donors (Lipinski definition) is 2. The van der Waals surface area contributed by atoms with Crippen LogP contribution >= 0.6 is 0 Å². The van der Waals surface area contributed by atoms with E-state index >= 15 is 0 Å². The predicted molar refractivity (Wildman–Crippen MR) is 85.1 cm³/mol. The van der Waals surface area contributed by atoms with Gasteiger partial charge in [-0.1, -0.05) is 18.2 Å². The van der Waals surface area contributed by atoms with E-state index in [4.69, 9.17) is 0 Å². The summed E-state index contributed by atoms with van der Waals surface area (Å²) < 4.78 is 41.7. The Labute approximate surface area is 144 Å². The maximum Gasteiger partial charge on any atom is 0.573 e. The molecular weight excluding hydrogens is 333 g/mol. The first-order chi connectivity index (χ1) is 11.9. The van der Waals surface area contributed by atoms with E-state index in [0.29, 0.717) is 24.1 Å². The molecule has 0 aromatic heterocycles. The molecule has 0 spiro atoms. The Morgan fingerprint density at radius 3 is 2.48 bits per heavy atom. The molecule has 1 aromatic carbocycles. The van der Waals surface area contributed by atoms with Gasteiger partial charge in [0.1, 0.15) is 5.75 Å². The van der Waals surface area contributed by atoms with Gasteiger partial charge >= 0.3 is 6.36 Å². The minimum absolute atomic E-state index is 0.0434. The van der Waals surface area contributed by atoms with E-state index in [1.54, 1.807) is 12.1 Å². The molecule has 1 saturated carbocycles. The third-order valence-corrected chi connectivity index (χ3v) is 5.49. The Kier molecular flexibility index (Phi) is 4.14. The van der Waals surface area contributed by atoms with Crippen molar-refractivity contribution < 1.29 is 22.7 Å². The summed E-state index contributed by atoms with van der Waals surface area (Å²) in [7, 11) is 0. The summed E-state index contributed by atoms with van der Waals surface area (Å²) in [6, 6.07) is 7.25. The Morgan fingerprint density at radius 2 is 1.80 bits per heavy atom. The van der Waals surface area contributed by atoms with Gasteiger partial charge in [-0.3, -0.25) is 4.79 Å². The van der Waals surface area contributed by atoms with E-state index in [0.717, 1.165) is 25.7 Å². The van der Waals surface area contributed by atoms with Gasteiger partial charge in [-0.05, 0) is 49.7 Å². The topological polar surface area (TPSA) is 50.4 Å². The fourth-order valence-corrected chi connectivity index (χ4v) is 4.32. The van der Waals surface area contributed by atoms with E-state index in [9.17, 15) is 18.0 Å². The molecule has 4 nitrogen and oxygen atoms in total. The zero-order chi connectivity index (χ0) is 17.6. The fraction of sp³-hybridized carbons (Fsp3) is 0.611. The second-order valence-electron chi connectivity index (χ2n) is 7.35. The van der Waals surface area contributed by atoms with Gasteiger partial charge < -0.3 is 15.4 Å². The summed E-state index contributed by atoms with van der Waals surface area (Å²) >= 11 is 0. The number of alkyl halides is 3. The molecule has 4 unspecified atom stereocenters. The molecule has 4 atom stereocenters. The van der Waals surface area contributed by atoms with Gasteiger partial charge in [-0.15, -0.1) is 13.2 Å². The maximum absolute atomic E-state index is 12.5. The number of ether oxygens (including phenoxy) is 1. The van der Waals surface area contributed by atoms with Gasteiger partial charge in [0.25, 0.3) is 0 Å². The smallest absolute Gasteiger partial charge is 0.405 e. The molecule has 0 radical (unpaired) electrons. The number of hydrogen-bond acceptors (Lipinski definition) is 3. The molecule has 2 saturated heterocycles. The van der Waals surface area contributed by atoms with Crippen LogP contribution < -0.4 is 15.4 Å². The van der Waals surface area contributed by atoms with Crippen molar-refractivity contribution >= 4 is 5.91 Å². The van der Waals surface area contributed by atoms with Crippen LogP contribution in [0, 0.1) is 5.92 Å². The molecule has 2 N–H and O–H groups in total. The first kappa shape index (κ1) is 16.7. The summed E-state index contributed by atoms with van der Waals surface area (Å²) in [5.41, 5.74) is 0.463. The van der Waals surface area contributed by atoms with Crippen LogP contribution in [0.4, 0.5) is 13.2 Å². The first-order valence-corrected chi connectivity index (χ1v) is 8.80. The Morgan fingerprint density at radius 1 is 1.12 bits per heavy atom. The normalized spacial score (nSPS) is 33.8. The molecule has 25 heavy (non-hydrogen) atoms. The molecule has 3 fully saturated rings. The van der Waals surface area contributed by atoms with Crippen molar-refractivity contribution in [1.82, 2.24) is 10.6 Å². The number of amides is 1. The standard InChI is InChI=1S/C18H21F3N2O2/c19-18(20,21)25-16-4-2-1-3-13(16)14-9-15(14)17(24)23-12-7-10-5-6-11(8-12)22-10/h1-4,10-12,14-15,22H,5-9H2,(H,23,24). The van der Waals surface area contributed by atoms with Gasteiger partial charge in [-0.2, -0.15) is 0 Å². The van der Waals surface area contributed by atoms with Crippen molar-refractivity contribution in [2.75, 3.05) is 0 Å². The van der Waals surface area contributed by atoms with Gasteiger partial charge in [0.05, 0.1) is 0 Å². The molecule has 3 aliphatic rings. The van der Waals surface area contributed by atoms with Crippen molar-refractivity contribution in [3.8, 4) is 5.75 Å². The lowest BCUT2D eigenvalue weighted by Crippen LogP contribution is -2.48. The molecule has 2 aliphatic heterocycles. The first-order valence-electron chi connectivity index (χ1n) is 8.80. The summed E-state index contributed by atoms with van der Waals surface area (Å²) in [6.45, 7) is 0.